The highest BCUT2D eigenvalue weighted by molar-refractivity contribution is 5.86. The number of amides is 1. The highest BCUT2D eigenvalue weighted by Gasteiger charge is 2.16. The lowest BCUT2D eigenvalue weighted by Crippen LogP contribution is -2.47. The number of anilines is 1. The van der Waals surface area contributed by atoms with Crippen LogP contribution in [0.3, 0.4) is 0 Å². The molecule has 1 amide bonds. The topological polar surface area (TPSA) is 47.6 Å². The molecule has 8 heteroatoms. The first kappa shape index (κ1) is 27.5. The van der Waals surface area contributed by atoms with Crippen LogP contribution in [0.2, 0.25) is 0 Å². The molecule has 2 rings (SSSR count). The SMILES string of the molecule is CNCCCC(=O)NCCCN1CCN(c2ccccc2)CC1.Cl.Cl.Cl. The Morgan fingerprint density at radius 2 is 1.62 bits per heavy atom. The number of benzene rings is 1. The van der Waals surface area contributed by atoms with Gasteiger partial charge in [-0.25, -0.2) is 0 Å². The number of carbonyl (C=O) groups excluding carboxylic acids is 1. The molecule has 1 saturated heterocycles. The van der Waals surface area contributed by atoms with Crippen molar-refractivity contribution in [3.8, 4) is 0 Å². The molecule has 0 atom stereocenters. The fraction of sp³-hybridized carbons (Fsp3) is 0.611. The number of para-hydroxylation sites is 1. The number of nitrogens with zero attached hydrogens (tertiary/aromatic N) is 2. The van der Waals surface area contributed by atoms with Crippen LogP contribution in [-0.2, 0) is 4.79 Å². The van der Waals surface area contributed by atoms with Gasteiger partial charge in [0.15, 0.2) is 0 Å². The molecule has 0 radical (unpaired) electrons. The van der Waals surface area contributed by atoms with Gasteiger partial charge in [0, 0.05) is 44.8 Å². The van der Waals surface area contributed by atoms with E-state index in [1.807, 2.05) is 7.05 Å². The van der Waals surface area contributed by atoms with Gasteiger partial charge in [-0.15, -0.1) is 37.2 Å². The third kappa shape index (κ3) is 10.4. The van der Waals surface area contributed by atoms with Gasteiger partial charge >= 0.3 is 0 Å². The van der Waals surface area contributed by atoms with Crippen molar-refractivity contribution < 1.29 is 4.79 Å². The van der Waals surface area contributed by atoms with Crippen LogP contribution >= 0.6 is 37.2 Å². The van der Waals surface area contributed by atoms with E-state index in [1.165, 1.54) is 5.69 Å². The first-order valence-electron chi connectivity index (χ1n) is 8.73. The zero-order chi connectivity index (χ0) is 16.3. The van der Waals surface area contributed by atoms with Crippen LogP contribution in [0.15, 0.2) is 30.3 Å². The van der Waals surface area contributed by atoms with Crippen LogP contribution in [0.5, 0.6) is 0 Å². The summed E-state index contributed by atoms with van der Waals surface area (Å²) < 4.78 is 0. The molecule has 26 heavy (non-hydrogen) atoms. The van der Waals surface area contributed by atoms with Crippen LogP contribution in [0, 0.1) is 0 Å². The summed E-state index contributed by atoms with van der Waals surface area (Å²) in [5.41, 5.74) is 1.32. The van der Waals surface area contributed by atoms with Gasteiger partial charge in [-0.05, 0) is 45.1 Å². The number of hydrogen-bond acceptors (Lipinski definition) is 4. The van der Waals surface area contributed by atoms with Crippen LogP contribution in [-0.4, -0.2) is 63.7 Å². The summed E-state index contributed by atoms with van der Waals surface area (Å²) in [5.74, 6) is 0.175. The van der Waals surface area contributed by atoms with Crippen LogP contribution in [0.1, 0.15) is 19.3 Å². The Morgan fingerprint density at radius 1 is 0.962 bits per heavy atom. The summed E-state index contributed by atoms with van der Waals surface area (Å²) in [5, 5.41) is 6.07. The van der Waals surface area contributed by atoms with Crippen LogP contribution in [0.25, 0.3) is 0 Å². The molecule has 1 aromatic rings. The van der Waals surface area contributed by atoms with Crippen molar-refractivity contribution in [1.82, 2.24) is 15.5 Å². The molecule has 2 N–H and O–H groups in total. The van der Waals surface area contributed by atoms with E-state index in [-0.39, 0.29) is 43.1 Å². The Morgan fingerprint density at radius 3 is 2.23 bits per heavy atom. The maximum absolute atomic E-state index is 11.6. The zero-order valence-corrected chi connectivity index (χ0v) is 17.9. The summed E-state index contributed by atoms with van der Waals surface area (Å²) in [6, 6.07) is 10.6. The van der Waals surface area contributed by atoms with Gasteiger partial charge in [0.25, 0.3) is 0 Å². The molecule has 0 aromatic heterocycles. The van der Waals surface area contributed by atoms with E-state index in [4.69, 9.17) is 0 Å². The minimum atomic E-state index is 0. The number of halogens is 3. The molecule has 1 aliphatic heterocycles. The molecule has 1 fully saturated rings. The Kier molecular flexibility index (Phi) is 17.4. The Labute approximate surface area is 176 Å². The van der Waals surface area contributed by atoms with Crippen molar-refractivity contribution in [3.05, 3.63) is 30.3 Å². The lowest BCUT2D eigenvalue weighted by Gasteiger charge is -2.36. The first-order valence-corrected chi connectivity index (χ1v) is 8.73. The van der Waals surface area contributed by atoms with E-state index < -0.39 is 0 Å². The van der Waals surface area contributed by atoms with E-state index >= 15 is 0 Å². The van der Waals surface area contributed by atoms with Gasteiger partial charge in [-0.1, -0.05) is 18.2 Å². The van der Waals surface area contributed by atoms with Crippen molar-refractivity contribution in [3.63, 3.8) is 0 Å². The Balaban J connectivity index is 0. The maximum atomic E-state index is 11.6. The smallest absolute Gasteiger partial charge is 0.220 e. The van der Waals surface area contributed by atoms with Crippen LogP contribution in [0.4, 0.5) is 5.69 Å². The zero-order valence-electron chi connectivity index (χ0n) is 15.5. The molecule has 0 bridgehead atoms. The number of nitrogens with one attached hydrogen (secondary N) is 2. The lowest BCUT2D eigenvalue weighted by molar-refractivity contribution is -0.121. The van der Waals surface area contributed by atoms with Gasteiger partial charge in [-0.3, -0.25) is 9.69 Å². The highest BCUT2D eigenvalue weighted by atomic mass is 35.5. The van der Waals surface area contributed by atoms with Crippen molar-refractivity contribution >= 4 is 48.8 Å². The molecule has 1 aliphatic rings. The molecular formula is C18H33Cl3N4O. The molecule has 152 valence electrons. The molecule has 0 saturated carbocycles. The summed E-state index contributed by atoms with van der Waals surface area (Å²) in [6.07, 6.45) is 2.56. The van der Waals surface area contributed by atoms with Gasteiger partial charge in [0.1, 0.15) is 0 Å². The second-order valence-electron chi connectivity index (χ2n) is 6.07. The molecule has 0 spiro atoms. The molecular weight excluding hydrogens is 395 g/mol. The monoisotopic (exact) mass is 426 g/mol. The standard InChI is InChI=1S/C18H30N4O.3ClH/c1-19-10-5-9-18(23)20-11-6-12-21-13-15-22(16-14-21)17-7-3-2-4-8-17;;;/h2-4,7-8,19H,5-6,9-16H2,1H3,(H,20,23);3*1H. The quantitative estimate of drug-likeness (QED) is 0.595. The normalized spacial score (nSPS) is 13.8. The lowest BCUT2D eigenvalue weighted by atomic mass is 10.2. The van der Waals surface area contributed by atoms with E-state index in [0.717, 1.165) is 58.7 Å². The average Bonchev–Trinajstić information content (AvgIpc) is 2.60. The van der Waals surface area contributed by atoms with E-state index in [2.05, 4.69) is 50.8 Å². The van der Waals surface area contributed by atoms with Gasteiger partial charge < -0.3 is 15.5 Å². The summed E-state index contributed by atoms with van der Waals surface area (Å²) in [7, 11) is 1.91. The predicted molar refractivity (Wildman–Crippen MR) is 118 cm³/mol. The van der Waals surface area contributed by atoms with Crippen molar-refractivity contribution in [1.29, 1.82) is 0 Å². The Hall–Kier alpha value is -0.720. The van der Waals surface area contributed by atoms with Crippen molar-refractivity contribution in [2.45, 2.75) is 19.3 Å². The first-order chi connectivity index (χ1) is 11.3. The number of piperazine rings is 1. The molecule has 0 unspecified atom stereocenters. The summed E-state index contributed by atoms with van der Waals surface area (Å²) >= 11 is 0. The van der Waals surface area contributed by atoms with Crippen molar-refractivity contribution in [2.75, 3.05) is 57.8 Å². The minimum Gasteiger partial charge on any atom is -0.369 e. The number of carbonyl (C=O) groups is 1. The second-order valence-corrected chi connectivity index (χ2v) is 6.07. The number of hydrogen-bond donors (Lipinski definition) is 2. The second kappa shape index (κ2) is 16.5. The van der Waals surface area contributed by atoms with Gasteiger partial charge in [0.2, 0.25) is 5.91 Å². The van der Waals surface area contributed by atoms with Gasteiger partial charge in [0.05, 0.1) is 0 Å². The van der Waals surface area contributed by atoms with Gasteiger partial charge in [-0.2, -0.15) is 0 Å². The fourth-order valence-electron chi connectivity index (χ4n) is 2.91. The third-order valence-corrected chi connectivity index (χ3v) is 4.30. The molecule has 1 aromatic carbocycles. The van der Waals surface area contributed by atoms with E-state index in [0.29, 0.717) is 6.42 Å². The maximum Gasteiger partial charge on any atom is 0.220 e. The fourth-order valence-corrected chi connectivity index (χ4v) is 2.91. The summed E-state index contributed by atoms with van der Waals surface area (Å²) in [4.78, 5) is 16.5. The van der Waals surface area contributed by atoms with E-state index in [1.54, 1.807) is 0 Å². The predicted octanol–water partition coefficient (Wildman–Crippen LogP) is 2.58. The largest absolute Gasteiger partial charge is 0.369 e. The molecule has 1 heterocycles. The van der Waals surface area contributed by atoms with E-state index in [9.17, 15) is 4.79 Å². The average molecular weight is 428 g/mol. The molecule has 0 aliphatic carbocycles. The third-order valence-electron chi connectivity index (χ3n) is 4.30. The Bertz CT molecular complexity index is 457. The highest BCUT2D eigenvalue weighted by Crippen LogP contribution is 2.15. The summed E-state index contributed by atoms with van der Waals surface area (Å²) in [6.45, 7) is 7.13. The van der Waals surface area contributed by atoms with Crippen molar-refractivity contribution in [2.24, 2.45) is 0 Å². The van der Waals surface area contributed by atoms with Crippen LogP contribution < -0.4 is 15.5 Å². The molecule has 5 nitrogen and oxygen atoms in total. The minimum absolute atomic E-state index is 0. The number of rotatable bonds is 9.